The summed E-state index contributed by atoms with van der Waals surface area (Å²) in [5.41, 5.74) is 0. The molecule has 0 spiro atoms. The number of hydrogen-bond acceptors (Lipinski definition) is 0. The third-order valence-electron chi connectivity index (χ3n) is 1.15. The van der Waals surface area contributed by atoms with Crippen molar-refractivity contribution in [2.24, 2.45) is 5.92 Å². The Bertz CT molecular complexity index is 159. The molecule has 0 rings (SSSR count). The van der Waals surface area contributed by atoms with Crippen molar-refractivity contribution in [1.82, 2.24) is 0 Å². The van der Waals surface area contributed by atoms with Gasteiger partial charge in [0.2, 0.25) is 0 Å². The summed E-state index contributed by atoms with van der Waals surface area (Å²) in [5.74, 6) is -9.66. The monoisotopic (exact) mass is 192 g/mol. The van der Waals surface area contributed by atoms with E-state index >= 15 is 0 Å². The zero-order valence-corrected chi connectivity index (χ0v) is 6.05. The van der Waals surface area contributed by atoms with Crippen LogP contribution in [-0.2, 0) is 0 Å². The first-order valence-electron chi connectivity index (χ1n) is 2.85. The van der Waals surface area contributed by atoms with Crippen LogP contribution in [0.4, 0.5) is 26.3 Å². The number of alkyl halides is 5. The predicted molar refractivity (Wildman–Crippen MR) is 30.4 cm³/mol. The van der Waals surface area contributed by atoms with Gasteiger partial charge in [-0.2, -0.15) is 13.2 Å². The summed E-state index contributed by atoms with van der Waals surface area (Å²) in [4.78, 5) is 0. The summed E-state index contributed by atoms with van der Waals surface area (Å²) in [7, 11) is 0. The molecule has 0 N–H and O–H groups in total. The second-order valence-electron chi connectivity index (χ2n) is 2.38. The quantitative estimate of drug-likeness (QED) is 0.589. The fourth-order valence-corrected chi connectivity index (χ4v) is 0.740. The first-order chi connectivity index (χ1) is 5.07. The molecule has 0 saturated heterocycles. The lowest BCUT2D eigenvalue weighted by atomic mass is 10.0. The number of halogens is 6. The minimum absolute atomic E-state index is 0.00405. The molecule has 1 unspecified atom stereocenters. The highest BCUT2D eigenvalue weighted by Crippen LogP contribution is 2.42. The summed E-state index contributed by atoms with van der Waals surface area (Å²) in [5, 5.41) is 0. The van der Waals surface area contributed by atoms with E-state index in [0.717, 1.165) is 0 Å². The van der Waals surface area contributed by atoms with Crippen molar-refractivity contribution in [2.75, 3.05) is 0 Å². The van der Waals surface area contributed by atoms with Crippen LogP contribution in [0.3, 0.4) is 0 Å². The normalized spacial score (nSPS) is 15.9. The molecule has 0 fully saturated rings. The standard InChI is InChI=1S/C6H6F6/c1-3(7)4(5(2,8)9)6(10,11)12/h4H,1H2,2H3. The third kappa shape index (κ3) is 2.75. The minimum atomic E-state index is -5.30. The van der Waals surface area contributed by atoms with Gasteiger partial charge in [0.05, 0.1) is 0 Å². The Labute approximate surface area is 64.9 Å². The minimum Gasteiger partial charge on any atom is -0.212 e. The number of allylic oxidation sites excluding steroid dienone is 1. The Morgan fingerprint density at radius 1 is 1.17 bits per heavy atom. The van der Waals surface area contributed by atoms with E-state index in [-0.39, 0.29) is 6.92 Å². The second-order valence-corrected chi connectivity index (χ2v) is 2.38. The van der Waals surface area contributed by atoms with Crippen LogP contribution >= 0.6 is 0 Å². The average molecular weight is 192 g/mol. The second kappa shape index (κ2) is 2.99. The predicted octanol–water partition coefficient (Wildman–Crippen LogP) is 3.30. The molecule has 0 radical (unpaired) electrons. The van der Waals surface area contributed by atoms with E-state index in [1.54, 1.807) is 0 Å². The largest absolute Gasteiger partial charge is 0.403 e. The SMILES string of the molecule is C=C(F)C(C(C)(F)F)C(F)(F)F. The molecule has 0 amide bonds. The van der Waals surface area contributed by atoms with Gasteiger partial charge in [0.1, 0.15) is 5.83 Å². The summed E-state index contributed by atoms with van der Waals surface area (Å²) in [6.45, 7) is 2.22. The summed E-state index contributed by atoms with van der Waals surface area (Å²) < 4.78 is 71.2. The fraction of sp³-hybridized carbons (Fsp3) is 0.667. The van der Waals surface area contributed by atoms with Gasteiger partial charge in [-0.05, 0) is 0 Å². The molecular weight excluding hydrogens is 186 g/mol. The maximum atomic E-state index is 12.1. The Morgan fingerprint density at radius 2 is 1.50 bits per heavy atom. The molecule has 0 heterocycles. The summed E-state index contributed by atoms with van der Waals surface area (Å²) >= 11 is 0. The Morgan fingerprint density at radius 3 is 1.50 bits per heavy atom. The highest BCUT2D eigenvalue weighted by molar-refractivity contribution is 4.99. The van der Waals surface area contributed by atoms with Crippen LogP contribution in [-0.4, -0.2) is 12.1 Å². The average Bonchev–Trinajstić information content (AvgIpc) is 1.49. The molecule has 0 aromatic rings. The van der Waals surface area contributed by atoms with Crippen LogP contribution in [0.25, 0.3) is 0 Å². The molecule has 0 nitrogen and oxygen atoms in total. The lowest BCUT2D eigenvalue weighted by molar-refractivity contribution is -0.226. The van der Waals surface area contributed by atoms with Crippen molar-refractivity contribution in [3.05, 3.63) is 12.4 Å². The molecule has 72 valence electrons. The first-order valence-corrected chi connectivity index (χ1v) is 2.85. The molecule has 6 heteroatoms. The van der Waals surface area contributed by atoms with Gasteiger partial charge in [0.25, 0.3) is 5.92 Å². The Balaban J connectivity index is 4.82. The summed E-state index contributed by atoms with van der Waals surface area (Å²) in [6.07, 6.45) is -5.30. The van der Waals surface area contributed by atoms with Gasteiger partial charge in [-0.25, -0.2) is 13.2 Å². The fourth-order valence-electron chi connectivity index (χ4n) is 0.740. The van der Waals surface area contributed by atoms with E-state index in [0.29, 0.717) is 0 Å². The van der Waals surface area contributed by atoms with Crippen molar-refractivity contribution < 1.29 is 26.3 Å². The van der Waals surface area contributed by atoms with Gasteiger partial charge >= 0.3 is 6.18 Å². The van der Waals surface area contributed by atoms with Crippen LogP contribution in [0.2, 0.25) is 0 Å². The van der Waals surface area contributed by atoms with Crippen LogP contribution in [0.15, 0.2) is 12.4 Å². The highest BCUT2D eigenvalue weighted by atomic mass is 19.4. The van der Waals surface area contributed by atoms with Crippen molar-refractivity contribution >= 4 is 0 Å². The molecule has 0 saturated carbocycles. The maximum Gasteiger partial charge on any atom is 0.403 e. The van der Waals surface area contributed by atoms with E-state index in [4.69, 9.17) is 0 Å². The lowest BCUT2D eigenvalue weighted by Gasteiger charge is -2.23. The molecule has 0 aliphatic carbocycles. The van der Waals surface area contributed by atoms with Gasteiger partial charge in [0.15, 0.2) is 5.92 Å². The molecule has 0 aromatic heterocycles. The van der Waals surface area contributed by atoms with Gasteiger partial charge in [0, 0.05) is 6.92 Å². The third-order valence-corrected chi connectivity index (χ3v) is 1.15. The van der Waals surface area contributed by atoms with Crippen LogP contribution in [0, 0.1) is 5.92 Å². The van der Waals surface area contributed by atoms with Crippen molar-refractivity contribution in [2.45, 2.75) is 19.0 Å². The Kier molecular flexibility index (Phi) is 2.82. The zero-order valence-electron chi connectivity index (χ0n) is 6.05. The van der Waals surface area contributed by atoms with Gasteiger partial charge in [-0.15, -0.1) is 0 Å². The number of hydrogen-bond donors (Lipinski definition) is 0. The topological polar surface area (TPSA) is 0 Å². The van der Waals surface area contributed by atoms with Crippen LogP contribution in [0.5, 0.6) is 0 Å². The van der Waals surface area contributed by atoms with E-state index < -0.39 is 23.8 Å². The smallest absolute Gasteiger partial charge is 0.212 e. The van der Waals surface area contributed by atoms with E-state index in [9.17, 15) is 26.3 Å². The summed E-state index contributed by atoms with van der Waals surface area (Å²) in [6, 6.07) is 0. The lowest BCUT2D eigenvalue weighted by Crippen LogP contribution is -2.37. The molecule has 0 aliphatic rings. The van der Waals surface area contributed by atoms with Gasteiger partial charge < -0.3 is 0 Å². The van der Waals surface area contributed by atoms with Crippen molar-refractivity contribution in [3.63, 3.8) is 0 Å². The molecule has 0 aliphatic heterocycles. The van der Waals surface area contributed by atoms with E-state index in [2.05, 4.69) is 6.58 Å². The maximum absolute atomic E-state index is 12.1. The van der Waals surface area contributed by atoms with Gasteiger partial charge in [-0.1, -0.05) is 6.58 Å². The molecule has 12 heavy (non-hydrogen) atoms. The first kappa shape index (κ1) is 11.3. The zero-order chi connectivity index (χ0) is 10.2. The highest BCUT2D eigenvalue weighted by Gasteiger charge is 2.55. The van der Waals surface area contributed by atoms with Crippen LogP contribution < -0.4 is 0 Å². The number of rotatable bonds is 2. The van der Waals surface area contributed by atoms with E-state index in [1.807, 2.05) is 0 Å². The molecule has 0 aromatic carbocycles. The van der Waals surface area contributed by atoms with Gasteiger partial charge in [-0.3, -0.25) is 0 Å². The van der Waals surface area contributed by atoms with Crippen molar-refractivity contribution in [3.8, 4) is 0 Å². The van der Waals surface area contributed by atoms with Crippen LogP contribution in [0.1, 0.15) is 6.92 Å². The molecule has 0 bridgehead atoms. The Hall–Kier alpha value is -0.680. The molecular formula is C6H6F6. The van der Waals surface area contributed by atoms with E-state index in [1.165, 1.54) is 0 Å². The van der Waals surface area contributed by atoms with Crippen molar-refractivity contribution in [1.29, 1.82) is 0 Å². The molecule has 1 atom stereocenters.